The Kier molecular flexibility index (Phi) is 8.39. The molecule has 34 heavy (non-hydrogen) atoms. The monoisotopic (exact) mass is 483 g/mol. The molecule has 1 atom stereocenters. The molecule has 2 N–H and O–H groups in total. The molecular formula is C27H34ClN3O3. The summed E-state index contributed by atoms with van der Waals surface area (Å²) in [4.78, 5) is 31.2. The van der Waals surface area contributed by atoms with Crippen molar-refractivity contribution in [2.24, 2.45) is 5.92 Å². The van der Waals surface area contributed by atoms with Gasteiger partial charge in [-0.3, -0.25) is 9.69 Å². The Balaban J connectivity index is 0.00000324. The molecule has 2 aromatic carbocycles. The number of hydrogen-bond donors (Lipinski definition) is 2. The van der Waals surface area contributed by atoms with Crippen LogP contribution in [0.5, 0.6) is 0 Å². The number of fused-ring (bicyclic) bond motifs is 1. The van der Waals surface area contributed by atoms with Gasteiger partial charge in [-0.2, -0.15) is 0 Å². The molecule has 0 bridgehead atoms. The number of rotatable bonds is 7. The Hall–Kier alpha value is -2.83. The molecule has 1 fully saturated rings. The highest BCUT2D eigenvalue weighted by molar-refractivity contribution is 5.88. The van der Waals surface area contributed by atoms with Crippen LogP contribution >= 0.6 is 12.4 Å². The number of benzene rings is 2. The van der Waals surface area contributed by atoms with E-state index in [9.17, 15) is 9.59 Å². The number of aromatic amines is 1. The number of aromatic nitrogens is 1. The van der Waals surface area contributed by atoms with E-state index in [1.807, 2.05) is 36.5 Å². The lowest BCUT2D eigenvalue weighted by atomic mass is 9.71. The van der Waals surface area contributed by atoms with E-state index in [2.05, 4.69) is 53.6 Å². The van der Waals surface area contributed by atoms with Gasteiger partial charge in [0.1, 0.15) is 6.04 Å². The molecular weight excluding hydrogens is 450 g/mol. The summed E-state index contributed by atoms with van der Waals surface area (Å²) in [7, 11) is 5.59. The topological polar surface area (TPSA) is 74.4 Å². The van der Waals surface area contributed by atoms with Crippen LogP contribution in [0.25, 0.3) is 10.9 Å². The SMILES string of the molecule is COC(=O)C(Cc1c[nH]c2ccccc12)NC(=O)C1CCC(c2ccccc2)(N(C)C)CC1.Cl. The van der Waals surface area contributed by atoms with E-state index in [0.29, 0.717) is 6.42 Å². The van der Waals surface area contributed by atoms with Gasteiger partial charge < -0.3 is 15.0 Å². The highest BCUT2D eigenvalue weighted by Crippen LogP contribution is 2.43. The van der Waals surface area contributed by atoms with Gasteiger partial charge in [0.25, 0.3) is 0 Å². The van der Waals surface area contributed by atoms with E-state index >= 15 is 0 Å². The van der Waals surface area contributed by atoms with E-state index in [0.717, 1.165) is 42.1 Å². The third kappa shape index (κ3) is 5.13. The Bertz CT molecular complexity index is 1100. The molecule has 4 rings (SSSR count). The first-order chi connectivity index (χ1) is 15.9. The minimum absolute atomic E-state index is 0. The lowest BCUT2D eigenvalue weighted by Gasteiger charge is -2.45. The molecule has 1 aliphatic carbocycles. The lowest BCUT2D eigenvalue weighted by Crippen LogP contribution is -2.49. The molecule has 1 unspecified atom stereocenters. The smallest absolute Gasteiger partial charge is 0.328 e. The molecule has 3 aromatic rings. The van der Waals surface area contributed by atoms with Crippen LogP contribution in [-0.2, 0) is 26.3 Å². The number of carbonyl (C=O) groups excluding carboxylic acids is 2. The fraction of sp³-hybridized carbons (Fsp3) is 0.407. The third-order valence-electron chi connectivity index (χ3n) is 7.25. The number of H-pyrrole nitrogens is 1. The molecule has 7 heteroatoms. The highest BCUT2D eigenvalue weighted by atomic mass is 35.5. The predicted molar refractivity (Wildman–Crippen MR) is 137 cm³/mol. The quantitative estimate of drug-likeness (QED) is 0.487. The minimum atomic E-state index is -0.712. The number of amides is 1. The summed E-state index contributed by atoms with van der Waals surface area (Å²) in [5, 5.41) is 4.05. The summed E-state index contributed by atoms with van der Waals surface area (Å²) in [5.41, 5.74) is 3.22. The number of carbonyl (C=O) groups is 2. The fourth-order valence-corrected chi connectivity index (χ4v) is 5.25. The van der Waals surface area contributed by atoms with E-state index in [1.165, 1.54) is 12.7 Å². The number of ether oxygens (including phenoxy) is 1. The number of nitrogens with zero attached hydrogens (tertiary/aromatic N) is 1. The standard InChI is InChI=1S/C27H33N3O3.ClH/c1-30(2)27(21-9-5-4-6-10-21)15-13-19(14-16-27)25(31)29-24(26(32)33-3)17-20-18-28-23-12-8-7-11-22(20)23;/h4-12,18-19,24,28H,13-17H2,1-3H3,(H,29,31);1H. The number of methoxy groups -OCH3 is 1. The molecule has 0 spiro atoms. The number of esters is 1. The second kappa shape index (κ2) is 11.1. The Morgan fingerprint density at radius 3 is 2.38 bits per heavy atom. The summed E-state index contributed by atoms with van der Waals surface area (Å²) >= 11 is 0. The maximum absolute atomic E-state index is 13.2. The molecule has 0 saturated heterocycles. The molecule has 1 saturated carbocycles. The van der Waals surface area contributed by atoms with Gasteiger partial charge in [0.2, 0.25) is 5.91 Å². The number of halogens is 1. The third-order valence-corrected chi connectivity index (χ3v) is 7.25. The predicted octanol–water partition coefficient (Wildman–Crippen LogP) is 4.44. The van der Waals surface area contributed by atoms with Gasteiger partial charge in [-0.05, 0) is 57.0 Å². The van der Waals surface area contributed by atoms with Gasteiger partial charge in [0.05, 0.1) is 7.11 Å². The first kappa shape index (κ1) is 25.8. The molecule has 1 amide bonds. The van der Waals surface area contributed by atoms with Gasteiger partial charge >= 0.3 is 5.97 Å². The van der Waals surface area contributed by atoms with Crippen molar-refractivity contribution in [2.45, 2.75) is 43.7 Å². The van der Waals surface area contributed by atoms with Crippen LogP contribution in [-0.4, -0.2) is 49.0 Å². The van der Waals surface area contributed by atoms with Gasteiger partial charge in [-0.15, -0.1) is 12.4 Å². The number of para-hydroxylation sites is 1. The van der Waals surface area contributed by atoms with E-state index < -0.39 is 12.0 Å². The maximum Gasteiger partial charge on any atom is 0.328 e. The zero-order valence-electron chi connectivity index (χ0n) is 20.0. The fourth-order valence-electron chi connectivity index (χ4n) is 5.25. The summed E-state index contributed by atoms with van der Waals surface area (Å²) in [6.07, 6.45) is 5.64. The number of nitrogens with one attached hydrogen (secondary N) is 2. The van der Waals surface area contributed by atoms with Gasteiger partial charge in [-0.25, -0.2) is 4.79 Å². The van der Waals surface area contributed by atoms with Gasteiger partial charge in [0, 0.05) is 35.0 Å². The minimum Gasteiger partial charge on any atom is -0.467 e. The second-order valence-corrected chi connectivity index (χ2v) is 9.21. The van der Waals surface area contributed by atoms with E-state index in [4.69, 9.17) is 4.74 Å². The van der Waals surface area contributed by atoms with Crippen LogP contribution in [0.1, 0.15) is 36.8 Å². The molecule has 1 heterocycles. The van der Waals surface area contributed by atoms with Crippen molar-refractivity contribution in [3.8, 4) is 0 Å². The lowest BCUT2D eigenvalue weighted by molar-refractivity contribution is -0.145. The normalized spacial score (nSPS) is 21.0. The van der Waals surface area contributed by atoms with Crippen molar-refractivity contribution < 1.29 is 14.3 Å². The van der Waals surface area contributed by atoms with Crippen LogP contribution in [0, 0.1) is 5.92 Å². The van der Waals surface area contributed by atoms with Crippen LogP contribution < -0.4 is 5.32 Å². The molecule has 1 aromatic heterocycles. The second-order valence-electron chi connectivity index (χ2n) is 9.21. The van der Waals surface area contributed by atoms with Gasteiger partial charge in [-0.1, -0.05) is 48.5 Å². The van der Waals surface area contributed by atoms with Crippen molar-refractivity contribution in [1.29, 1.82) is 0 Å². The zero-order valence-corrected chi connectivity index (χ0v) is 20.9. The molecule has 6 nitrogen and oxygen atoms in total. The van der Waals surface area contributed by atoms with Crippen LogP contribution in [0.3, 0.4) is 0 Å². The molecule has 1 aliphatic rings. The van der Waals surface area contributed by atoms with E-state index in [-0.39, 0.29) is 29.8 Å². The molecule has 182 valence electrons. The van der Waals surface area contributed by atoms with Gasteiger partial charge in [0.15, 0.2) is 0 Å². The van der Waals surface area contributed by atoms with Crippen molar-refractivity contribution in [2.75, 3.05) is 21.2 Å². The van der Waals surface area contributed by atoms with Crippen molar-refractivity contribution >= 4 is 35.2 Å². The van der Waals surface area contributed by atoms with E-state index in [1.54, 1.807) is 0 Å². The number of hydrogen-bond acceptors (Lipinski definition) is 4. The van der Waals surface area contributed by atoms with Crippen LogP contribution in [0.15, 0.2) is 60.8 Å². The largest absolute Gasteiger partial charge is 0.467 e. The van der Waals surface area contributed by atoms with Crippen molar-refractivity contribution in [1.82, 2.24) is 15.2 Å². The molecule has 0 aliphatic heterocycles. The Morgan fingerprint density at radius 1 is 1.09 bits per heavy atom. The average molecular weight is 484 g/mol. The van der Waals surface area contributed by atoms with Crippen LogP contribution in [0.2, 0.25) is 0 Å². The molecule has 0 radical (unpaired) electrons. The summed E-state index contributed by atoms with van der Waals surface area (Å²) in [6.45, 7) is 0. The highest BCUT2D eigenvalue weighted by Gasteiger charge is 2.41. The summed E-state index contributed by atoms with van der Waals surface area (Å²) < 4.78 is 5.01. The summed E-state index contributed by atoms with van der Waals surface area (Å²) in [6, 6.07) is 17.8. The first-order valence-corrected chi connectivity index (χ1v) is 11.6. The average Bonchev–Trinajstić information content (AvgIpc) is 3.26. The summed E-state index contributed by atoms with van der Waals surface area (Å²) in [5.74, 6) is -0.598. The Morgan fingerprint density at radius 2 is 1.74 bits per heavy atom. The first-order valence-electron chi connectivity index (χ1n) is 11.6. The van der Waals surface area contributed by atoms with Crippen molar-refractivity contribution in [3.05, 3.63) is 71.9 Å². The maximum atomic E-state index is 13.2. The Labute approximate surface area is 207 Å². The van der Waals surface area contributed by atoms with Crippen molar-refractivity contribution in [3.63, 3.8) is 0 Å². The zero-order chi connectivity index (χ0) is 23.4. The van der Waals surface area contributed by atoms with Crippen LogP contribution in [0.4, 0.5) is 0 Å².